The van der Waals surface area contributed by atoms with Crippen molar-refractivity contribution >= 4 is 17.7 Å². The van der Waals surface area contributed by atoms with Gasteiger partial charge in [-0.15, -0.1) is 0 Å². The molecule has 0 radical (unpaired) electrons. The normalized spacial score (nSPS) is 20.9. The first kappa shape index (κ1) is 21.4. The third kappa shape index (κ3) is 6.62. The van der Waals surface area contributed by atoms with E-state index < -0.39 is 5.91 Å². The SMILES string of the molecule is CCCC[C@H](CCO)Nc1nc(NC2CCC(OC)CC2)ncc1C(N)=O. The summed E-state index contributed by atoms with van der Waals surface area (Å²) >= 11 is 0. The van der Waals surface area contributed by atoms with Crippen LogP contribution in [0.25, 0.3) is 0 Å². The number of methoxy groups -OCH3 is 1. The van der Waals surface area contributed by atoms with Crippen LogP contribution in [0.15, 0.2) is 6.20 Å². The molecule has 8 nitrogen and oxygen atoms in total. The number of aromatic nitrogens is 2. The van der Waals surface area contributed by atoms with Crippen LogP contribution in [0.5, 0.6) is 0 Å². The second-order valence-electron chi connectivity index (χ2n) is 7.17. The number of hydrogen-bond donors (Lipinski definition) is 4. The monoisotopic (exact) mass is 379 g/mol. The van der Waals surface area contributed by atoms with Crippen LogP contribution in [0.2, 0.25) is 0 Å². The first-order valence-corrected chi connectivity index (χ1v) is 9.90. The van der Waals surface area contributed by atoms with Gasteiger partial charge in [-0.2, -0.15) is 4.98 Å². The standard InChI is InChI=1S/C19H33N5O3/c1-3-4-5-13(10-11-25)22-18-16(17(20)26)12-21-19(24-18)23-14-6-8-15(27-2)9-7-14/h12-15,25H,3-11H2,1-2H3,(H2,20,26)(H2,21,22,23,24)/t13-,14?,15?/m1/s1. The molecule has 8 heteroatoms. The number of amides is 1. The van der Waals surface area contributed by atoms with Gasteiger partial charge in [0.25, 0.3) is 5.91 Å². The van der Waals surface area contributed by atoms with Crippen molar-refractivity contribution in [3.05, 3.63) is 11.8 Å². The Morgan fingerprint density at radius 2 is 2.11 bits per heavy atom. The Kier molecular flexibility index (Phi) is 8.74. The molecule has 1 saturated carbocycles. The molecule has 1 atom stereocenters. The number of nitrogens with zero attached hydrogens (tertiary/aromatic N) is 2. The molecule has 5 N–H and O–H groups in total. The summed E-state index contributed by atoms with van der Waals surface area (Å²) < 4.78 is 5.41. The summed E-state index contributed by atoms with van der Waals surface area (Å²) in [5.41, 5.74) is 5.75. The van der Waals surface area contributed by atoms with Crippen molar-refractivity contribution in [2.24, 2.45) is 5.73 Å². The Labute approximate surface area is 161 Å². The molecule has 1 aromatic heterocycles. The molecule has 0 bridgehead atoms. The molecule has 1 heterocycles. The van der Waals surface area contributed by atoms with E-state index in [0.717, 1.165) is 44.9 Å². The Bertz CT molecular complexity index is 591. The second kappa shape index (κ2) is 11.0. The van der Waals surface area contributed by atoms with Crippen LogP contribution < -0.4 is 16.4 Å². The van der Waals surface area contributed by atoms with Crippen molar-refractivity contribution in [3.8, 4) is 0 Å². The molecule has 1 amide bonds. The van der Waals surface area contributed by atoms with E-state index in [0.29, 0.717) is 24.3 Å². The highest BCUT2D eigenvalue weighted by Gasteiger charge is 2.22. The van der Waals surface area contributed by atoms with Gasteiger partial charge in [-0.1, -0.05) is 19.8 Å². The van der Waals surface area contributed by atoms with Gasteiger partial charge in [0, 0.05) is 32.0 Å². The van der Waals surface area contributed by atoms with Gasteiger partial charge >= 0.3 is 0 Å². The van der Waals surface area contributed by atoms with Crippen molar-refractivity contribution in [2.45, 2.75) is 76.5 Å². The first-order valence-electron chi connectivity index (χ1n) is 9.90. The average Bonchev–Trinajstić information content (AvgIpc) is 2.67. The van der Waals surface area contributed by atoms with E-state index in [2.05, 4.69) is 27.5 Å². The zero-order chi connectivity index (χ0) is 19.6. The number of nitrogens with two attached hydrogens (primary N) is 1. The number of primary amides is 1. The predicted molar refractivity (Wildman–Crippen MR) is 106 cm³/mol. The number of rotatable bonds is 11. The van der Waals surface area contributed by atoms with Crippen molar-refractivity contribution in [3.63, 3.8) is 0 Å². The van der Waals surface area contributed by atoms with E-state index in [1.165, 1.54) is 6.20 Å². The minimum Gasteiger partial charge on any atom is -0.396 e. The summed E-state index contributed by atoms with van der Waals surface area (Å²) in [6.07, 6.45) is 9.37. The van der Waals surface area contributed by atoms with Gasteiger partial charge in [0.15, 0.2) is 0 Å². The molecule has 1 aliphatic rings. The molecular formula is C19H33N5O3. The fraction of sp³-hybridized carbons (Fsp3) is 0.737. The van der Waals surface area contributed by atoms with Gasteiger partial charge in [-0.25, -0.2) is 4.98 Å². The van der Waals surface area contributed by atoms with E-state index in [4.69, 9.17) is 10.5 Å². The molecule has 2 rings (SSSR count). The lowest BCUT2D eigenvalue weighted by Gasteiger charge is -2.28. The third-order valence-electron chi connectivity index (χ3n) is 5.12. The van der Waals surface area contributed by atoms with Crippen LogP contribution in [0.1, 0.15) is 68.6 Å². The van der Waals surface area contributed by atoms with Crippen molar-refractivity contribution in [2.75, 3.05) is 24.4 Å². The Morgan fingerprint density at radius 3 is 2.70 bits per heavy atom. The largest absolute Gasteiger partial charge is 0.396 e. The zero-order valence-electron chi connectivity index (χ0n) is 16.4. The summed E-state index contributed by atoms with van der Waals surface area (Å²) in [5, 5.41) is 16.0. The molecule has 27 heavy (non-hydrogen) atoms. The summed E-state index contributed by atoms with van der Waals surface area (Å²) in [6, 6.07) is 0.324. The number of aliphatic hydroxyl groups is 1. The molecule has 1 aromatic rings. The van der Waals surface area contributed by atoms with Crippen LogP contribution in [-0.2, 0) is 4.74 Å². The number of unbranched alkanes of at least 4 members (excludes halogenated alkanes) is 1. The highest BCUT2D eigenvalue weighted by atomic mass is 16.5. The van der Waals surface area contributed by atoms with E-state index in [-0.39, 0.29) is 24.3 Å². The fourth-order valence-corrected chi connectivity index (χ4v) is 3.46. The van der Waals surface area contributed by atoms with E-state index in [1.807, 2.05) is 0 Å². The van der Waals surface area contributed by atoms with Gasteiger partial charge in [0.2, 0.25) is 5.95 Å². The average molecular weight is 380 g/mol. The summed E-state index contributed by atoms with van der Waals surface area (Å²) in [4.78, 5) is 20.5. The van der Waals surface area contributed by atoms with Crippen molar-refractivity contribution in [1.29, 1.82) is 0 Å². The smallest absolute Gasteiger partial charge is 0.254 e. The molecule has 1 fully saturated rings. The number of carbonyl (C=O) groups is 1. The third-order valence-corrected chi connectivity index (χ3v) is 5.12. The Morgan fingerprint density at radius 1 is 1.37 bits per heavy atom. The van der Waals surface area contributed by atoms with Gasteiger partial charge in [0.1, 0.15) is 5.82 Å². The maximum Gasteiger partial charge on any atom is 0.254 e. The molecule has 0 saturated heterocycles. The molecule has 0 unspecified atom stereocenters. The number of aliphatic hydroxyl groups excluding tert-OH is 1. The fourth-order valence-electron chi connectivity index (χ4n) is 3.46. The van der Waals surface area contributed by atoms with Gasteiger partial charge in [-0.05, 0) is 38.5 Å². The number of nitrogens with one attached hydrogen (secondary N) is 2. The zero-order valence-corrected chi connectivity index (χ0v) is 16.4. The number of ether oxygens (including phenoxy) is 1. The van der Waals surface area contributed by atoms with Crippen LogP contribution in [0, 0.1) is 0 Å². The van der Waals surface area contributed by atoms with Gasteiger partial charge in [0.05, 0.1) is 11.7 Å². The quantitative estimate of drug-likeness (QED) is 0.465. The van der Waals surface area contributed by atoms with Gasteiger partial charge < -0.3 is 26.2 Å². The van der Waals surface area contributed by atoms with Crippen LogP contribution in [0.3, 0.4) is 0 Å². The van der Waals surface area contributed by atoms with Crippen LogP contribution in [0.4, 0.5) is 11.8 Å². The second-order valence-corrected chi connectivity index (χ2v) is 7.17. The lowest BCUT2D eigenvalue weighted by Crippen LogP contribution is -2.30. The maximum absolute atomic E-state index is 11.8. The number of anilines is 2. The maximum atomic E-state index is 11.8. The van der Waals surface area contributed by atoms with Crippen LogP contribution >= 0.6 is 0 Å². The topological polar surface area (TPSA) is 122 Å². The minimum absolute atomic E-state index is 0.0351. The summed E-state index contributed by atoms with van der Waals surface area (Å²) in [5.74, 6) is 0.352. The van der Waals surface area contributed by atoms with Crippen molar-refractivity contribution < 1.29 is 14.6 Å². The molecular weight excluding hydrogens is 346 g/mol. The summed E-state index contributed by atoms with van der Waals surface area (Å²) in [7, 11) is 1.75. The van der Waals surface area contributed by atoms with Crippen molar-refractivity contribution in [1.82, 2.24) is 9.97 Å². The highest BCUT2D eigenvalue weighted by Crippen LogP contribution is 2.24. The molecule has 0 aromatic carbocycles. The molecule has 1 aliphatic carbocycles. The van der Waals surface area contributed by atoms with E-state index in [9.17, 15) is 9.90 Å². The minimum atomic E-state index is -0.567. The number of carbonyl (C=O) groups excluding carboxylic acids is 1. The summed E-state index contributed by atoms with van der Waals surface area (Å²) in [6.45, 7) is 2.20. The Hall–Kier alpha value is -1.93. The lowest BCUT2D eigenvalue weighted by molar-refractivity contribution is 0.0681. The predicted octanol–water partition coefficient (Wildman–Crippen LogP) is 2.30. The Balaban J connectivity index is 2.09. The van der Waals surface area contributed by atoms with E-state index in [1.54, 1.807) is 7.11 Å². The number of hydrogen-bond acceptors (Lipinski definition) is 7. The molecule has 0 aliphatic heterocycles. The van der Waals surface area contributed by atoms with Crippen LogP contribution in [-0.4, -0.2) is 52.9 Å². The molecule has 152 valence electrons. The first-order chi connectivity index (χ1) is 13.1. The molecule has 0 spiro atoms. The van der Waals surface area contributed by atoms with Gasteiger partial charge in [-0.3, -0.25) is 4.79 Å². The van der Waals surface area contributed by atoms with E-state index >= 15 is 0 Å². The lowest BCUT2D eigenvalue weighted by atomic mass is 9.93. The highest BCUT2D eigenvalue weighted by molar-refractivity contribution is 5.97.